The van der Waals surface area contributed by atoms with Crippen LogP contribution in [-0.2, 0) is 13.0 Å². The van der Waals surface area contributed by atoms with Crippen LogP contribution in [0.2, 0.25) is 0 Å². The summed E-state index contributed by atoms with van der Waals surface area (Å²) in [5.41, 5.74) is 4.32. The van der Waals surface area contributed by atoms with E-state index in [1.165, 1.54) is 5.56 Å². The lowest BCUT2D eigenvalue weighted by atomic mass is 10.1. The number of likely N-dealkylation sites (tertiary alicyclic amines) is 1. The first-order chi connectivity index (χ1) is 13.1. The quantitative estimate of drug-likeness (QED) is 0.737. The summed E-state index contributed by atoms with van der Waals surface area (Å²) in [6, 6.07) is 12.6. The zero-order chi connectivity index (χ0) is 18.8. The van der Waals surface area contributed by atoms with Crippen LogP contribution < -0.4 is 5.32 Å². The highest BCUT2D eigenvalue weighted by molar-refractivity contribution is 7.09. The van der Waals surface area contributed by atoms with Gasteiger partial charge in [-0.25, -0.2) is 9.78 Å². The molecule has 1 aromatic carbocycles. The Morgan fingerprint density at radius 2 is 2.04 bits per heavy atom. The number of nitrogens with zero attached hydrogens (tertiary/aromatic N) is 4. The molecular formula is C20H23N5OS. The SMILES string of the molecule is Cc1cc(C)n(C2CN(C(=O)NCc3csc(Cc4ccccc4)n3)C2)n1. The lowest BCUT2D eigenvalue weighted by Crippen LogP contribution is -2.54. The number of aryl methyl sites for hydroxylation is 2. The molecule has 3 aromatic rings. The summed E-state index contributed by atoms with van der Waals surface area (Å²) in [5, 5.41) is 10.6. The highest BCUT2D eigenvalue weighted by Gasteiger charge is 2.33. The second kappa shape index (κ2) is 7.52. The van der Waals surface area contributed by atoms with Crippen LogP contribution in [-0.4, -0.2) is 38.8 Å². The Morgan fingerprint density at radius 1 is 1.26 bits per heavy atom. The minimum Gasteiger partial charge on any atom is -0.332 e. The van der Waals surface area contributed by atoms with Crippen molar-refractivity contribution in [2.45, 2.75) is 32.9 Å². The van der Waals surface area contributed by atoms with Gasteiger partial charge in [0.2, 0.25) is 0 Å². The van der Waals surface area contributed by atoms with Crippen LogP contribution in [0.5, 0.6) is 0 Å². The second-order valence-corrected chi connectivity index (χ2v) is 7.93. The fourth-order valence-electron chi connectivity index (χ4n) is 3.35. The summed E-state index contributed by atoms with van der Waals surface area (Å²) in [6.45, 7) is 5.91. The zero-order valence-corrected chi connectivity index (χ0v) is 16.4. The van der Waals surface area contributed by atoms with Crippen LogP contribution >= 0.6 is 11.3 Å². The van der Waals surface area contributed by atoms with Gasteiger partial charge in [-0.15, -0.1) is 11.3 Å². The van der Waals surface area contributed by atoms with Gasteiger partial charge in [0, 0.05) is 30.6 Å². The molecule has 1 fully saturated rings. The highest BCUT2D eigenvalue weighted by atomic mass is 32.1. The van der Waals surface area contributed by atoms with Crippen molar-refractivity contribution in [1.82, 2.24) is 25.0 Å². The highest BCUT2D eigenvalue weighted by Crippen LogP contribution is 2.22. The van der Waals surface area contributed by atoms with Crippen molar-refractivity contribution in [3.05, 3.63) is 69.4 Å². The number of rotatable bonds is 5. The lowest BCUT2D eigenvalue weighted by Gasteiger charge is -2.39. The van der Waals surface area contributed by atoms with E-state index >= 15 is 0 Å². The first-order valence-corrected chi connectivity index (χ1v) is 9.99. The molecule has 140 valence electrons. The summed E-state index contributed by atoms with van der Waals surface area (Å²) in [7, 11) is 0. The maximum absolute atomic E-state index is 12.3. The van der Waals surface area contributed by atoms with Crippen LogP contribution in [0.25, 0.3) is 0 Å². The van der Waals surface area contributed by atoms with Crippen LogP contribution in [0.1, 0.15) is 33.7 Å². The minimum atomic E-state index is -0.0367. The molecule has 1 saturated heterocycles. The summed E-state index contributed by atoms with van der Waals surface area (Å²) < 4.78 is 2.02. The van der Waals surface area contributed by atoms with E-state index in [9.17, 15) is 4.79 Å². The molecule has 6 nitrogen and oxygen atoms in total. The number of carbonyl (C=O) groups excluding carboxylic acids is 1. The molecule has 1 aliphatic heterocycles. The smallest absolute Gasteiger partial charge is 0.317 e. The molecular weight excluding hydrogens is 358 g/mol. The number of urea groups is 1. The molecule has 1 N–H and O–H groups in total. The van der Waals surface area contributed by atoms with Gasteiger partial charge >= 0.3 is 6.03 Å². The second-order valence-electron chi connectivity index (χ2n) is 6.98. The van der Waals surface area contributed by atoms with Crippen molar-refractivity contribution < 1.29 is 4.79 Å². The molecule has 2 aromatic heterocycles. The summed E-state index contributed by atoms with van der Waals surface area (Å²) >= 11 is 1.64. The molecule has 0 saturated carbocycles. The Hall–Kier alpha value is -2.67. The number of amides is 2. The van der Waals surface area contributed by atoms with Gasteiger partial charge in [0.25, 0.3) is 0 Å². The van der Waals surface area contributed by atoms with Crippen LogP contribution in [0.15, 0.2) is 41.8 Å². The topological polar surface area (TPSA) is 63.1 Å². The predicted molar refractivity (Wildman–Crippen MR) is 106 cm³/mol. The van der Waals surface area contributed by atoms with Gasteiger partial charge in [-0.05, 0) is 25.5 Å². The van der Waals surface area contributed by atoms with Crippen LogP contribution in [0.3, 0.4) is 0 Å². The van der Waals surface area contributed by atoms with Crippen molar-refractivity contribution in [3.63, 3.8) is 0 Å². The van der Waals surface area contributed by atoms with Crippen molar-refractivity contribution in [3.8, 4) is 0 Å². The molecule has 27 heavy (non-hydrogen) atoms. The van der Waals surface area contributed by atoms with E-state index < -0.39 is 0 Å². The van der Waals surface area contributed by atoms with Crippen LogP contribution in [0.4, 0.5) is 4.79 Å². The first kappa shape index (κ1) is 17.7. The first-order valence-electron chi connectivity index (χ1n) is 9.11. The third-order valence-electron chi connectivity index (χ3n) is 4.76. The van der Waals surface area contributed by atoms with Gasteiger partial charge in [-0.1, -0.05) is 30.3 Å². The van der Waals surface area contributed by atoms with Crippen molar-refractivity contribution >= 4 is 17.4 Å². The Kier molecular flexibility index (Phi) is 4.94. The third-order valence-corrected chi connectivity index (χ3v) is 5.66. The van der Waals surface area contributed by atoms with Gasteiger partial charge in [0.05, 0.1) is 29.0 Å². The maximum atomic E-state index is 12.3. The average molecular weight is 382 g/mol. The molecule has 0 aliphatic carbocycles. The minimum absolute atomic E-state index is 0.0367. The van der Waals surface area contributed by atoms with E-state index in [4.69, 9.17) is 0 Å². The molecule has 7 heteroatoms. The van der Waals surface area contributed by atoms with Gasteiger partial charge < -0.3 is 10.2 Å². The Bertz CT molecular complexity index is 927. The Labute approximate surface area is 162 Å². The third kappa shape index (κ3) is 4.03. The molecule has 0 radical (unpaired) electrons. The number of benzene rings is 1. The summed E-state index contributed by atoms with van der Waals surface area (Å²) in [4.78, 5) is 18.8. The zero-order valence-electron chi connectivity index (χ0n) is 15.6. The lowest BCUT2D eigenvalue weighted by molar-refractivity contribution is 0.117. The molecule has 4 rings (SSSR count). The van der Waals surface area contributed by atoms with E-state index in [-0.39, 0.29) is 12.1 Å². The fourth-order valence-corrected chi connectivity index (χ4v) is 4.18. The van der Waals surface area contributed by atoms with Crippen LogP contribution in [0, 0.1) is 13.8 Å². The average Bonchev–Trinajstić information content (AvgIpc) is 3.19. The molecule has 3 heterocycles. The van der Waals surface area contributed by atoms with Gasteiger partial charge in [0.15, 0.2) is 0 Å². The van der Waals surface area contributed by atoms with Crippen molar-refractivity contribution in [2.75, 3.05) is 13.1 Å². The number of carbonyl (C=O) groups is 1. The van der Waals surface area contributed by atoms with E-state index in [0.29, 0.717) is 19.6 Å². The number of nitrogens with one attached hydrogen (secondary N) is 1. The van der Waals surface area contributed by atoms with Crippen molar-refractivity contribution in [2.24, 2.45) is 0 Å². The van der Waals surface area contributed by atoms with E-state index in [0.717, 1.165) is 28.5 Å². The van der Waals surface area contributed by atoms with Gasteiger partial charge in [0.1, 0.15) is 0 Å². The van der Waals surface area contributed by atoms with E-state index in [1.54, 1.807) is 11.3 Å². The molecule has 0 atom stereocenters. The molecule has 1 aliphatic rings. The number of hydrogen-bond donors (Lipinski definition) is 1. The molecule has 0 spiro atoms. The largest absolute Gasteiger partial charge is 0.332 e. The number of thiazole rings is 1. The Balaban J connectivity index is 1.25. The predicted octanol–water partition coefficient (Wildman–Crippen LogP) is 3.31. The number of aromatic nitrogens is 3. The van der Waals surface area contributed by atoms with Gasteiger partial charge in [-0.2, -0.15) is 5.10 Å². The van der Waals surface area contributed by atoms with Gasteiger partial charge in [-0.3, -0.25) is 4.68 Å². The van der Waals surface area contributed by atoms with E-state index in [2.05, 4.69) is 40.5 Å². The fraction of sp³-hybridized carbons (Fsp3) is 0.350. The molecule has 2 amide bonds. The van der Waals surface area contributed by atoms with E-state index in [1.807, 2.05) is 40.1 Å². The normalized spacial score (nSPS) is 14.2. The summed E-state index contributed by atoms with van der Waals surface area (Å²) in [6.07, 6.45) is 0.829. The molecule has 0 unspecified atom stereocenters. The summed E-state index contributed by atoms with van der Waals surface area (Å²) in [5.74, 6) is 0. The molecule has 0 bridgehead atoms. The standard InChI is InChI=1S/C20H23N5OS/c1-14-8-15(2)25(23-14)18-11-24(12-18)20(26)21-10-17-13-27-19(22-17)9-16-6-4-3-5-7-16/h3-8,13,18H,9-12H2,1-2H3,(H,21,26). The van der Waals surface area contributed by atoms with Crippen molar-refractivity contribution in [1.29, 1.82) is 0 Å². The Morgan fingerprint density at radius 3 is 2.74 bits per heavy atom. The monoisotopic (exact) mass is 381 g/mol. The maximum Gasteiger partial charge on any atom is 0.317 e. The number of hydrogen-bond acceptors (Lipinski definition) is 4.